The van der Waals surface area contributed by atoms with Gasteiger partial charge in [0.05, 0.1) is 0 Å². The standard InChI is InChI=1S/C23H27/c1-2-3-4-5-6-7-8-12-19-15-11-16-22-17-20-13-9-10-14-21(20)18-23(19)22/h9-11,13-18H,1-8,12H2. The van der Waals surface area contributed by atoms with Crippen LogP contribution in [0.25, 0.3) is 21.5 Å². The van der Waals surface area contributed by atoms with Crippen molar-refractivity contribution in [2.45, 2.75) is 51.4 Å². The fourth-order valence-electron chi connectivity index (χ4n) is 3.45. The van der Waals surface area contributed by atoms with E-state index in [1.807, 2.05) is 0 Å². The summed E-state index contributed by atoms with van der Waals surface area (Å²) in [6.45, 7) is 3.91. The van der Waals surface area contributed by atoms with Crippen molar-refractivity contribution in [3.63, 3.8) is 0 Å². The van der Waals surface area contributed by atoms with Crippen molar-refractivity contribution in [1.29, 1.82) is 0 Å². The maximum Gasteiger partial charge on any atom is -0.0146 e. The molecule has 0 saturated carbocycles. The van der Waals surface area contributed by atoms with Crippen LogP contribution in [0.4, 0.5) is 0 Å². The van der Waals surface area contributed by atoms with E-state index < -0.39 is 0 Å². The van der Waals surface area contributed by atoms with Crippen LogP contribution in [0.1, 0.15) is 50.5 Å². The molecule has 0 heterocycles. The van der Waals surface area contributed by atoms with Crippen molar-refractivity contribution in [3.8, 4) is 0 Å². The number of benzene rings is 3. The summed E-state index contributed by atoms with van der Waals surface area (Å²) in [4.78, 5) is 0. The molecule has 0 heteroatoms. The molecular formula is C23H27. The first-order chi connectivity index (χ1) is 11.4. The first-order valence-electron chi connectivity index (χ1n) is 9.08. The van der Waals surface area contributed by atoms with Crippen LogP contribution in [0.2, 0.25) is 0 Å². The lowest BCUT2D eigenvalue weighted by Gasteiger charge is -2.09. The van der Waals surface area contributed by atoms with Gasteiger partial charge in [-0.1, -0.05) is 87.9 Å². The molecule has 3 aromatic rings. The van der Waals surface area contributed by atoms with E-state index in [4.69, 9.17) is 0 Å². The Labute approximate surface area is 140 Å². The van der Waals surface area contributed by atoms with Gasteiger partial charge < -0.3 is 0 Å². The third kappa shape index (κ3) is 4.13. The Hall–Kier alpha value is -1.82. The molecule has 0 fully saturated rings. The first-order valence-corrected chi connectivity index (χ1v) is 9.08. The Morgan fingerprint density at radius 3 is 2.04 bits per heavy atom. The van der Waals surface area contributed by atoms with Gasteiger partial charge in [0.2, 0.25) is 0 Å². The number of hydrogen-bond donors (Lipinski definition) is 0. The SMILES string of the molecule is [CH2]CCCCCCCCc1cccc2cc3ccccc3cc12. The maximum absolute atomic E-state index is 3.91. The molecule has 0 aromatic heterocycles. The molecule has 0 nitrogen and oxygen atoms in total. The van der Waals surface area contributed by atoms with Crippen molar-refractivity contribution in [3.05, 3.63) is 67.1 Å². The van der Waals surface area contributed by atoms with E-state index in [0.29, 0.717) is 0 Å². The number of rotatable bonds is 8. The molecule has 119 valence electrons. The summed E-state index contributed by atoms with van der Waals surface area (Å²) >= 11 is 0. The third-order valence-corrected chi connectivity index (χ3v) is 4.78. The van der Waals surface area contributed by atoms with Crippen LogP contribution in [-0.4, -0.2) is 0 Å². The normalized spacial score (nSPS) is 11.3. The Balaban J connectivity index is 1.67. The van der Waals surface area contributed by atoms with Crippen molar-refractivity contribution in [2.24, 2.45) is 0 Å². The molecule has 0 aliphatic rings. The zero-order valence-corrected chi connectivity index (χ0v) is 14.1. The molecule has 0 N–H and O–H groups in total. The Kier molecular flexibility index (Phi) is 5.69. The van der Waals surface area contributed by atoms with Gasteiger partial charge in [0.1, 0.15) is 0 Å². The molecule has 0 amide bonds. The second-order valence-electron chi connectivity index (χ2n) is 6.56. The smallest absolute Gasteiger partial charge is 0.0146 e. The lowest BCUT2D eigenvalue weighted by molar-refractivity contribution is 0.597. The minimum Gasteiger partial charge on any atom is -0.0616 e. The molecule has 0 atom stereocenters. The Morgan fingerprint density at radius 1 is 0.609 bits per heavy atom. The van der Waals surface area contributed by atoms with Gasteiger partial charge in [0.15, 0.2) is 0 Å². The van der Waals surface area contributed by atoms with Crippen molar-refractivity contribution in [1.82, 2.24) is 0 Å². The van der Waals surface area contributed by atoms with E-state index in [1.54, 1.807) is 0 Å². The second kappa shape index (κ2) is 8.15. The molecule has 3 aromatic carbocycles. The van der Waals surface area contributed by atoms with Crippen LogP contribution in [0, 0.1) is 6.92 Å². The summed E-state index contributed by atoms with van der Waals surface area (Å²) in [5.74, 6) is 0. The number of unbranched alkanes of at least 4 members (excludes halogenated alkanes) is 6. The lowest BCUT2D eigenvalue weighted by Crippen LogP contribution is -1.89. The maximum atomic E-state index is 3.91. The topological polar surface area (TPSA) is 0 Å². The zero-order valence-electron chi connectivity index (χ0n) is 14.1. The van der Waals surface area contributed by atoms with Crippen LogP contribution >= 0.6 is 0 Å². The van der Waals surface area contributed by atoms with Gasteiger partial charge in [-0.25, -0.2) is 0 Å². The van der Waals surface area contributed by atoms with Crippen molar-refractivity contribution in [2.75, 3.05) is 0 Å². The van der Waals surface area contributed by atoms with E-state index in [9.17, 15) is 0 Å². The van der Waals surface area contributed by atoms with E-state index in [1.165, 1.54) is 72.1 Å². The molecule has 1 radical (unpaired) electrons. The summed E-state index contributed by atoms with van der Waals surface area (Å²) in [7, 11) is 0. The lowest BCUT2D eigenvalue weighted by atomic mass is 9.96. The molecule has 0 saturated heterocycles. The monoisotopic (exact) mass is 303 g/mol. The zero-order chi connectivity index (χ0) is 15.9. The van der Waals surface area contributed by atoms with E-state index in [0.717, 1.165) is 6.42 Å². The van der Waals surface area contributed by atoms with E-state index >= 15 is 0 Å². The highest BCUT2D eigenvalue weighted by atomic mass is 14.1. The highest BCUT2D eigenvalue weighted by Crippen LogP contribution is 2.26. The number of aryl methyl sites for hydroxylation is 1. The van der Waals surface area contributed by atoms with Crippen LogP contribution in [0.5, 0.6) is 0 Å². The van der Waals surface area contributed by atoms with Gasteiger partial charge in [-0.2, -0.15) is 0 Å². The fraction of sp³-hybridized carbons (Fsp3) is 0.348. The highest BCUT2D eigenvalue weighted by Gasteiger charge is 2.03. The first kappa shape index (κ1) is 16.1. The van der Waals surface area contributed by atoms with E-state index in [2.05, 4.69) is 61.5 Å². The van der Waals surface area contributed by atoms with Crippen LogP contribution in [0.3, 0.4) is 0 Å². The Morgan fingerprint density at radius 2 is 1.26 bits per heavy atom. The quantitative estimate of drug-likeness (QED) is 0.307. The summed E-state index contributed by atoms with van der Waals surface area (Å²) in [6, 6.07) is 20.1. The van der Waals surface area contributed by atoms with Crippen molar-refractivity contribution >= 4 is 21.5 Å². The summed E-state index contributed by atoms with van der Waals surface area (Å²) in [6.07, 6.45) is 10.3. The molecule has 0 spiro atoms. The van der Waals surface area contributed by atoms with E-state index in [-0.39, 0.29) is 0 Å². The van der Waals surface area contributed by atoms with Crippen LogP contribution in [0.15, 0.2) is 54.6 Å². The van der Waals surface area contributed by atoms with Gasteiger partial charge in [-0.05, 0) is 52.1 Å². The van der Waals surface area contributed by atoms with Crippen LogP contribution in [-0.2, 0) is 6.42 Å². The molecule has 0 aliphatic carbocycles. The minimum absolute atomic E-state index is 1.09. The molecular weight excluding hydrogens is 276 g/mol. The van der Waals surface area contributed by atoms with Crippen molar-refractivity contribution < 1.29 is 0 Å². The molecule has 0 bridgehead atoms. The average Bonchev–Trinajstić information content (AvgIpc) is 2.59. The molecule has 0 aliphatic heterocycles. The predicted octanol–water partition coefficient (Wildman–Crippen LogP) is 7.10. The molecule has 0 unspecified atom stereocenters. The van der Waals surface area contributed by atoms with Gasteiger partial charge in [0, 0.05) is 0 Å². The van der Waals surface area contributed by atoms with Gasteiger partial charge in [-0.15, -0.1) is 0 Å². The molecule has 23 heavy (non-hydrogen) atoms. The predicted molar refractivity (Wildman–Crippen MR) is 103 cm³/mol. The number of fused-ring (bicyclic) bond motifs is 2. The van der Waals surface area contributed by atoms with Gasteiger partial charge >= 0.3 is 0 Å². The minimum atomic E-state index is 1.09. The van der Waals surface area contributed by atoms with Gasteiger partial charge in [-0.3, -0.25) is 0 Å². The summed E-state index contributed by atoms with van der Waals surface area (Å²) < 4.78 is 0. The summed E-state index contributed by atoms with van der Waals surface area (Å²) in [5.41, 5.74) is 1.51. The second-order valence-corrected chi connectivity index (χ2v) is 6.56. The Bertz CT molecular complexity index is 754. The van der Waals surface area contributed by atoms with Crippen LogP contribution < -0.4 is 0 Å². The average molecular weight is 303 g/mol. The fourth-order valence-corrected chi connectivity index (χ4v) is 3.45. The largest absolute Gasteiger partial charge is 0.0616 e. The summed E-state index contributed by atoms with van der Waals surface area (Å²) in [5, 5.41) is 5.49. The van der Waals surface area contributed by atoms with Gasteiger partial charge in [0.25, 0.3) is 0 Å². The molecule has 3 rings (SSSR count). The highest BCUT2D eigenvalue weighted by molar-refractivity contribution is 5.99. The third-order valence-electron chi connectivity index (χ3n) is 4.78. The number of hydrogen-bond acceptors (Lipinski definition) is 0.